The molecule has 2 N–H and O–H groups in total. The first kappa shape index (κ1) is 12.6. The van der Waals surface area contributed by atoms with Gasteiger partial charge in [-0.3, -0.25) is 4.79 Å². The molecule has 0 aliphatic carbocycles. The lowest BCUT2D eigenvalue weighted by molar-refractivity contribution is 0.0947. The molecule has 2 aromatic rings. The van der Waals surface area contributed by atoms with E-state index in [2.05, 4.69) is 10.3 Å². The summed E-state index contributed by atoms with van der Waals surface area (Å²) in [6.07, 6.45) is 0. The fourth-order valence-electron chi connectivity index (χ4n) is 1.71. The van der Waals surface area contributed by atoms with Gasteiger partial charge in [0.05, 0.1) is 0 Å². The number of hydrogen-bond acceptors (Lipinski definition) is 2. The van der Waals surface area contributed by atoms with Crippen LogP contribution in [-0.4, -0.2) is 43.0 Å². The Morgan fingerprint density at radius 1 is 1.39 bits per heavy atom. The highest BCUT2D eigenvalue weighted by atomic mass is 19.1. The quantitative estimate of drug-likeness (QED) is 0.864. The second-order valence-corrected chi connectivity index (χ2v) is 4.47. The summed E-state index contributed by atoms with van der Waals surface area (Å²) in [5.74, 6) is -0.477. The number of hydrogen-bond donors (Lipinski definition) is 2. The lowest BCUT2D eigenvalue weighted by Gasteiger charge is -2.09. The number of nitrogens with zero attached hydrogens (tertiary/aromatic N) is 1. The Kier molecular flexibility index (Phi) is 3.62. The van der Waals surface area contributed by atoms with E-state index < -0.39 is 0 Å². The molecule has 0 aliphatic rings. The predicted octanol–water partition coefficient (Wildman–Crippen LogP) is 1.60. The fourth-order valence-corrected chi connectivity index (χ4v) is 1.71. The summed E-state index contributed by atoms with van der Waals surface area (Å²) >= 11 is 0. The maximum absolute atomic E-state index is 13.0. The van der Waals surface area contributed by atoms with Gasteiger partial charge in [-0.25, -0.2) is 4.39 Å². The number of carbonyl (C=O) groups excluding carboxylic acids is 1. The largest absolute Gasteiger partial charge is 0.351 e. The molecule has 0 fully saturated rings. The van der Waals surface area contributed by atoms with Gasteiger partial charge in [0, 0.05) is 24.0 Å². The zero-order valence-corrected chi connectivity index (χ0v) is 10.5. The van der Waals surface area contributed by atoms with E-state index in [4.69, 9.17) is 0 Å². The van der Waals surface area contributed by atoms with Gasteiger partial charge in [-0.2, -0.15) is 0 Å². The molecular weight excluding hydrogens is 233 g/mol. The van der Waals surface area contributed by atoms with Crippen LogP contribution in [0.5, 0.6) is 0 Å². The molecule has 1 aromatic carbocycles. The molecule has 0 bridgehead atoms. The normalized spacial score (nSPS) is 11.1. The van der Waals surface area contributed by atoms with Crippen LogP contribution < -0.4 is 5.32 Å². The summed E-state index contributed by atoms with van der Waals surface area (Å²) in [5.41, 5.74) is 1.21. The number of rotatable bonds is 4. The first-order chi connectivity index (χ1) is 8.56. The van der Waals surface area contributed by atoms with Gasteiger partial charge in [-0.1, -0.05) is 0 Å². The van der Waals surface area contributed by atoms with Crippen LogP contribution in [0.2, 0.25) is 0 Å². The van der Waals surface area contributed by atoms with Crippen molar-refractivity contribution in [3.63, 3.8) is 0 Å². The zero-order chi connectivity index (χ0) is 13.1. The molecule has 0 atom stereocenters. The molecule has 0 radical (unpaired) electrons. The number of carbonyl (C=O) groups is 1. The minimum Gasteiger partial charge on any atom is -0.351 e. The van der Waals surface area contributed by atoms with E-state index >= 15 is 0 Å². The number of halogens is 1. The van der Waals surface area contributed by atoms with Crippen LogP contribution in [0, 0.1) is 5.82 Å². The topological polar surface area (TPSA) is 48.1 Å². The van der Waals surface area contributed by atoms with Crippen LogP contribution in [-0.2, 0) is 0 Å². The van der Waals surface area contributed by atoms with Gasteiger partial charge in [0.1, 0.15) is 11.5 Å². The summed E-state index contributed by atoms with van der Waals surface area (Å²) in [6, 6.07) is 6.06. The number of benzene rings is 1. The Bertz CT molecular complexity index is 562. The maximum atomic E-state index is 13.0. The van der Waals surface area contributed by atoms with E-state index in [0.29, 0.717) is 17.6 Å². The van der Waals surface area contributed by atoms with Gasteiger partial charge in [0.25, 0.3) is 5.91 Å². The molecule has 0 unspecified atom stereocenters. The zero-order valence-electron chi connectivity index (χ0n) is 10.5. The van der Waals surface area contributed by atoms with Crippen molar-refractivity contribution >= 4 is 16.8 Å². The number of aromatic amines is 1. The Labute approximate surface area is 105 Å². The van der Waals surface area contributed by atoms with E-state index in [-0.39, 0.29) is 11.7 Å². The van der Waals surface area contributed by atoms with Crippen molar-refractivity contribution in [3.8, 4) is 0 Å². The Morgan fingerprint density at radius 3 is 2.89 bits per heavy atom. The van der Waals surface area contributed by atoms with Gasteiger partial charge in [0.15, 0.2) is 0 Å². The van der Waals surface area contributed by atoms with Gasteiger partial charge >= 0.3 is 0 Å². The second-order valence-electron chi connectivity index (χ2n) is 4.47. The van der Waals surface area contributed by atoms with Crippen molar-refractivity contribution in [1.82, 2.24) is 15.2 Å². The molecule has 0 saturated heterocycles. The molecule has 2 rings (SSSR count). The predicted molar refractivity (Wildman–Crippen MR) is 69.1 cm³/mol. The third-order valence-corrected chi connectivity index (χ3v) is 2.67. The van der Waals surface area contributed by atoms with E-state index in [1.54, 1.807) is 12.1 Å². The highest BCUT2D eigenvalue weighted by molar-refractivity contribution is 5.97. The molecule has 0 aliphatic heterocycles. The van der Waals surface area contributed by atoms with E-state index in [0.717, 1.165) is 12.1 Å². The van der Waals surface area contributed by atoms with Crippen LogP contribution in [0.3, 0.4) is 0 Å². The van der Waals surface area contributed by atoms with E-state index in [9.17, 15) is 9.18 Å². The van der Waals surface area contributed by atoms with Crippen molar-refractivity contribution in [3.05, 3.63) is 35.8 Å². The SMILES string of the molecule is CN(C)CCNC(=O)c1cc2cc(F)ccc2[nH]1. The molecule has 0 spiro atoms. The highest BCUT2D eigenvalue weighted by Crippen LogP contribution is 2.16. The Morgan fingerprint density at radius 2 is 2.17 bits per heavy atom. The van der Waals surface area contributed by atoms with Crippen molar-refractivity contribution in [1.29, 1.82) is 0 Å². The van der Waals surface area contributed by atoms with Crippen molar-refractivity contribution in [2.24, 2.45) is 0 Å². The van der Waals surface area contributed by atoms with Gasteiger partial charge in [-0.15, -0.1) is 0 Å². The van der Waals surface area contributed by atoms with Crippen LogP contribution >= 0.6 is 0 Å². The van der Waals surface area contributed by atoms with Gasteiger partial charge in [-0.05, 0) is 38.4 Å². The fraction of sp³-hybridized carbons (Fsp3) is 0.308. The Hall–Kier alpha value is -1.88. The number of H-pyrrole nitrogens is 1. The molecule has 4 nitrogen and oxygen atoms in total. The average molecular weight is 249 g/mol. The summed E-state index contributed by atoms with van der Waals surface area (Å²) < 4.78 is 13.0. The molecule has 1 heterocycles. The molecule has 96 valence electrons. The first-order valence-corrected chi connectivity index (χ1v) is 5.77. The van der Waals surface area contributed by atoms with E-state index in [1.165, 1.54) is 12.1 Å². The smallest absolute Gasteiger partial charge is 0.267 e. The highest BCUT2D eigenvalue weighted by Gasteiger charge is 2.09. The molecule has 0 saturated carbocycles. The van der Waals surface area contributed by atoms with Crippen LogP contribution in [0.4, 0.5) is 4.39 Å². The number of aromatic nitrogens is 1. The van der Waals surface area contributed by atoms with Crippen molar-refractivity contribution in [2.45, 2.75) is 0 Å². The van der Waals surface area contributed by atoms with Crippen LogP contribution in [0.1, 0.15) is 10.5 Å². The summed E-state index contributed by atoms with van der Waals surface area (Å²) in [5, 5.41) is 3.50. The van der Waals surface area contributed by atoms with Crippen LogP contribution in [0.15, 0.2) is 24.3 Å². The summed E-state index contributed by atoms with van der Waals surface area (Å²) in [6.45, 7) is 1.36. The minimum atomic E-state index is -0.305. The number of nitrogens with one attached hydrogen (secondary N) is 2. The average Bonchev–Trinajstić information content (AvgIpc) is 2.71. The molecule has 1 amide bonds. The molecular formula is C13H16FN3O. The second kappa shape index (κ2) is 5.18. The lowest BCUT2D eigenvalue weighted by Crippen LogP contribution is -2.31. The third kappa shape index (κ3) is 2.87. The molecule has 1 aromatic heterocycles. The third-order valence-electron chi connectivity index (χ3n) is 2.67. The van der Waals surface area contributed by atoms with E-state index in [1.807, 2.05) is 19.0 Å². The van der Waals surface area contributed by atoms with Crippen LogP contribution in [0.25, 0.3) is 10.9 Å². The molecule has 5 heteroatoms. The molecule has 18 heavy (non-hydrogen) atoms. The Balaban J connectivity index is 2.08. The summed E-state index contributed by atoms with van der Waals surface area (Å²) in [4.78, 5) is 16.8. The van der Waals surface area contributed by atoms with Gasteiger partial charge in [0.2, 0.25) is 0 Å². The number of likely N-dealkylation sites (N-methyl/N-ethyl adjacent to an activating group) is 1. The van der Waals surface area contributed by atoms with Crippen molar-refractivity contribution in [2.75, 3.05) is 27.2 Å². The first-order valence-electron chi connectivity index (χ1n) is 5.77. The van der Waals surface area contributed by atoms with Crippen molar-refractivity contribution < 1.29 is 9.18 Å². The van der Waals surface area contributed by atoms with Gasteiger partial charge < -0.3 is 15.2 Å². The number of fused-ring (bicyclic) bond motifs is 1. The summed E-state index contributed by atoms with van der Waals surface area (Å²) in [7, 11) is 3.88. The monoisotopic (exact) mass is 249 g/mol. The lowest BCUT2D eigenvalue weighted by atomic mass is 10.2. The number of amides is 1. The standard InChI is InChI=1S/C13H16FN3O/c1-17(2)6-5-15-13(18)12-8-9-7-10(14)3-4-11(9)16-12/h3-4,7-8,16H,5-6H2,1-2H3,(H,15,18). The minimum absolute atomic E-state index is 0.173. The maximum Gasteiger partial charge on any atom is 0.267 e.